The summed E-state index contributed by atoms with van der Waals surface area (Å²) in [6.07, 6.45) is 15.6. The van der Waals surface area contributed by atoms with E-state index in [0.29, 0.717) is 5.92 Å². The maximum atomic E-state index is 5.46. The van der Waals surface area contributed by atoms with Gasteiger partial charge in [0.15, 0.2) is 0 Å². The predicted octanol–water partition coefficient (Wildman–Crippen LogP) is 3.68. The quantitative estimate of drug-likeness (QED) is 0.521. The van der Waals surface area contributed by atoms with E-state index in [0.717, 1.165) is 12.8 Å². The molecule has 2 aliphatic carbocycles. The lowest BCUT2D eigenvalue weighted by Crippen LogP contribution is -2.03. The molecule has 0 aromatic heterocycles. The molecule has 0 amide bonds. The molecule has 2 aliphatic rings. The van der Waals surface area contributed by atoms with Gasteiger partial charge in [-0.15, -0.1) is 6.42 Å². The van der Waals surface area contributed by atoms with E-state index in [2.05, 4.69) is 17.8 Å². The lowest BCUT2D eigenvalue weighted by molar-refractivity contribution is 0.430. The molecule has 0 aliphatic heterocycles. The van der Waals surface area contributed by atoms with Crippen molar-refractivity contribution >= 4 is 0 Å². The van der Waals surface area contributed by atoms with Crippen molar-refractivity contribution in [3.05, 3.63) is 11.1 Å². The highest BCUT2D eigenvalue weighted by atomic mass is 14.2. The molecule has 1 fully saturated rings. The van der Waals surface area contributed by atoms with Crippen LogP contribution in [0.5, 0.6) is 0 Å². The van der Waals surface area contributed by atoms with Crippen LogP contribution in [0.25, 0.3) is 0 Å². The Kier molecular flexibility index (Phi) is 3.52. The average molecular weight is 198 g/mol. The van der Waals surface area contributed by atoms with Crippen molar-refractivity contribution in [2.45, 2.75) is 51.4 Å². The first-order valence-electron chi connectivity index (χ1n) is 6.10. The Balaban J connectivity index is 2.01. The highest BCUT2D eigenvalue weighted by Gasteiger charge is 2.12. The molecule has 0 aromatic rings. The molecule has 0 aromatic carbocycles. The van der Waals surface area contributed by atoms with Gasteiger partial charge in [0.05, 0.1) is 0 Å². The smallest absolute Gasteiger partial charge is 0.0206 e. The summed E-state index contributed by atoms with van der Waals surface area (Å²) in [4.78, 5) is 0. The average Bonchev–Trinajstić information content (AvgIpc) is 2.75. The number of hydrogen-bond acceptors (Lipinski definition) is 0. The number of hydrogen-bond donors (Lipinski definition) is 0. The van der Waals surface area contributed by atoms with Gasteiger partial charge in [-0.2, -0.15) is 0 Å². The molecule has 0 nitrogen and oxygen atoms in total. The summed E-state index contributed by atoms with van der Waals surface area (Å²) in [5, 5.41) is 0. The van der Waals surface area contributed by atoms with Crippen LogP contribution in [0.2, 0.25) is 0 Å². The Morgan fingerprint density at radius 1 is 0.933 bits per heavy atom. The van der Waals surface area contributed by atoms with Crippen LogP contribution in [0, 0.1) is 30.1 Å². The second kappa shape index (κ2) is 5.09. The number of terminal acetylenes is 1. The zero-order valence-electron chi connectivity index (χ0n) is 9.31. The van der Waals surface area contributed by atoms with E-state index in [1.54, 1.807) is 0 Å². The fraction of sp³-hybridized carbons (Fsp3) is 0.600. The molecular formula is C15H18. The van der Waals surface area contributed by atoms with Gasteiger partial charge < -0.3 is 0 Å². The molecule has 0 saturated heterocycles. The molecule has 0 N–H and O–H groups in total. The molecule has 0 unspecified atom stereocenters. The third kappa shape index (κ3) is 2.66. The van der Waals surface area contributed by atoms with E-state index in [-0.39, 0.29) is 0 Å². The molecule has 0 spiro atoms. The van der Waals surface area contributed by atoms with Crippen molar-refractivity contribution in [2.75, 3.05) is 0 Å². The van der Waals surface area contributed by atoms with Crippen LogP contribution < -0.4 is 0 Å². The van der Waals surface area contributed by atoms with Gasteiger partial charge >= 0.3 is 0 Å². The minimum Gasteiger partial charge on any atom is -0.115 e. The molecule has 2 rings (SSSR count). The minimum absolute atomic E-state index is 0.644. The minimum atomic E-state index is 0.644. The van der Waals surface area contributed by atoms with Crippen LogP contribution in [-0.4, -0.2) is 0 Å². The second-order valence-electron chi connectivity index (χ2n) is 4.56. The Morgan fingerprint density at radius 3 is 2.40 bits per heavy atom. The highest BCUT2D eigenvalue weighted by Crippen LogP contribution is 2.26. The summed E-state index contributed by atoms with van der Waals surface area (Å²) in [5.41, 5.74) is 2.42. The monoisotopic (exact) mass is 198 g/mol. The standard InChI is InChI=1S/C15H18/c1-2-14-9-6-10-15(14)12-11-13-7-4-3-5-8-13/h1,13H,3-10H2. The fourth-order valence-corrected chi connectivity index (χ4v) is 2.48. The zero-order valence-corrected chi connectivity index (χ0v) is 9.31. The fourth-order valence-electron chi connectivity index (χ4n) is 2.48. The van der Waals surface area contributed by atoms with Gasteiger partial charge in [0.25, 0.3) is 0 Å². The van der Waals surface area contributed by atoms with Crippen molar-refractivity contribution in [2.24, 2.45) is 5.92 Å². The Morgan fingerprint density at radius 2 is 1.67 bits per heavy atom. The van der Waals surface area contributed by atoms with Crippen LogP contribution in [0.4, 0.5) is 0 Å². The first-order chi connectivity index (χ1) is 7.40. The third-order valence-electron chi connectivity index (χ3n) is 3.42. The maximum Gasteiger partial charge on any atom is 0.0206 e. The van der Waals surface area contributed by atoms with Gasteiger partial charge in [-0.05, 0) is 32.1 Å². The summed E-state index contributed by atoms with van der Waals surface area (Å²) in [5.74, 6) is 10.2. The molecule has 0 heteroatoms. The molecule has 15 heavy (non-hydrogen) atoms. The van der Waals surface area contributed by atoms with Crippen LogP contribution >= 0.6 is 0 Å². The van der Waals surface area contributed by atoms with Crippen molar-refractivity contribution in [3.63, 3.8) is 0 Å². The lowest BCUT2D eigenvalue weighted by atomic mass is 9.89. The number of allylic oxidation sites excluding steroid dienone is 2. The topological polar surface area (TPSA) is 0 Å². The van der Waals surface area contributed by atoms with Crippen molar-refractivity contribution in [1.82, 2.24) is 0 Å². The van der Waals surface area contributed by atoms with E-state index >= 15 is 0 Å². The van der Waals surface area contributed by atoms with Crippen LogP contribution in [0.1, 0.15) is 51.4 Å². The summed E-state index contributed by atoms with van der Waals surface area (Å²) < 4.78 is 0. The molecule has 78 valence electrons. The van der Waals surface area contributed by atoms with Crippen molar-refractivity contribution in [1.29, 1.82) is 0 Å². The molecule has 0 bridgehead atoms. The van der Waals surface area contributed by atoms with Gasteiger partial charge in [0, 0.05) is 17.1 Å². The normalized spacial score (nSPS) is 22.1. The SMILES string of the molecule is C#CC1=C(C#CC2CCCCC2)CCC1. The Bertz CT molecular complexity index is 348. The molecule has 0 heterocycles. The van der Waals surface area contributed by atoms with Crippen molar-refractivity contribution in [3.8, 4) is 24.2 Å². The van der Waals surface area contributed by atoms with E-state index in [1.807, 2.05) is 0 Å². The van der Waals surface area contributed by atoms with Gasteiger partial charge in [0.2, 0.25) is 0 Å². The second-order valence-corrected chi connectivity index (χ2v) is 4.56. The van der Waals surface area contributed by atoms with Gasteiger partial charge in [-0.3, -0.25) is 0 Å². The zero-order chi connectivity index (χ0) is 10.5. The van der Waals surface area contributed by atoms with E-state index in [9.17, 15) is 0 Å². The summed E-state index contributed by atoms with van der Waals surface area (Å²) in [6, 6.07) is 0. The van der Waals surface area contributed by atoms with Crippen LogP contribution in [0.15, 0.2) is 11.1 Å². The van der Waals surface area contributed by atoms with Crippen LogP contribution in [0.3, 0.4) is 0 Å². The first-order valence-corrected chi connectivity index (χ1v) is 6.10. The molecule has 1 saturated carbocycles. The summed E-state index contributed by atoms with van der Waals surface area (Å²) >= 11 is 0. The predicted molar refractivity (Wildman–Crippen MR) is 64.1 cm³/mol. The Labute approximate surface area is 93.1 Å². The van der Waals surface area contributed by atoms with Crippen LogP contribution in [-0.2, 0) is 0 Å². The van der Waals surface area contributed by atoms with Gasteiger partial charge in [-0.1, -0.05) is 37.0 Å². The van der Waals surface area contributed by atoms with Crippen molar-refractivity contribution < 1.29 is 0 Å². The molecular weight excluding hydrogens is 180 g/mol. The van der Waals surface area contributed by atoms with Gasteiger partial charge in [0.1, 0.15) is 0 Å². The largest absolute Gasteiger partial charge is 0.115 e. The number of rotatable bonds is 0. The summed E-state index contributed by atoms with van der Waals surface area (Å²) in [7, 11) is 0. The van der Waals surface area contributed by atoms with E-state index < -0.39 is 0 Å². The first kappa shape index (κ1) is 10.4. The summed E-state index contributed by atoms with van der Waals surface area (Å²) in [6.45, 7) is 0. The maximum absolute atomic E-state index is 5.46. The molecule has 0 radical (unpaired) electrons. The lowest BCUT2D eigenvalue weighted by Gasteiger charge is -2.15. The third-order valence-corrected chi connectivity index (χ3v) is 3.42. The Hall–Kier alpha value is -1.14. The van der Waals surface area contributed by atoms with E-state index in [1.165, 1.54) is 49.7 Å². The van der Waals surface area contributed by atoms with Gasteiger partial charge in [-0.25, -0.2) is 0 Å². The molecule has 0 atom stereocenters. The highest BCUT2D eigenvalue weighted by molar-refractivity contribution is 5.44. The van der Waals surface area contributed by atoms with E-state index in [4.69, 9.17) is 6.42 Å².